The predicted octanol–water partition coefficient (Wildman–Crippen LogP) is 4.45. The van der Waals surface area contributed by atoms with Gasteiger partial charge in [-0.2, -0.15) is 0 Å². The Bertz CT molecular complexity index is 908. The van der Waals surface area contributed by atoms with Crippen LogP contribution in [-0.4, -0.2) is 9.97 Å². The third kappa shape index (κ3) is 1.74. The Morgan fingerprint density at radius 2 is 1.55 bits per heavy atom. The molecule has 4 rings (SSSR count). The molecular weight excluding hydrogens is 244 g/mol. The van der Waals surface area contributed by atoms with Crippen molar-refractivity contribution < 1.29 is 0 Å². The molecule has 0 saturated carbocycles. The Hall–Kier alpha value is -2.74. The molecule has 2 heteroatoms. The number of hydrogen-bond acceptors (Lipinski definition) is 2. The molecule has 0 unspecified atom stereocenters. The van der Waals surface area contributed by atoms with Crippen LogP contribution >= 0.6 is 0 Å². The molecule has 0 atom stereocenters. The van der Waals surface area contributed by atoms with Gasteiger partial charge in [0.05, 0.1) is 11.0 Å². The van der Waals surface area contributed by atoms with Crippen molar-refractivity contribution in [2.24, 2.45) is 0 Å². The summed E-state index contributed by atoms with van der Waals surface area (Å²) >= 11 is 0. The van der Waals surface area contributed by atoms with E-state index < -0.39 is 0 Å². The summed E-state index contributed by atoms with van der Waals surface area (Å²) in [5.41, 5.74) is 4.41. The number of aromatic nitrogens is 2. The standard InChI is InChI=1S/C18H12N2/c1-2-6-17-16(5-1)15(9-11-20-17)14-8-7-13-4-3-10-19-18(13)12-14/h1-12H. The molecular formula is C18H12N2. The summed E-state index contributed by atoms with van der Waals surface area (Å²) < 4.78 is 0. The molecule has 0 radical (unpaired) electrons. The average Bonchev–Trinajstić information content (AvgIpc) is 2.54. The summed E-state index contributed by atoms with van der Waals surface area (Å²) in [7, 11) is 0. The molecule has 0 saturated heterocycles. The van der Waals surface area contributed by atoms with E-state index in [0.29, 0.717) is 0 Å². The lowest BCUT2D eigenvalue weighted by Gasteiger charge is -2.07. The van der Waals surface area contributed by atoms with Gasteiger partial charge in [-0.25, -0.2) is 0 Å². The van der Waals surface area contributed by atoms with E-state index in [1.165, 1.54) is 16.5 Å². The van der Waals surface area contributed by atoms with Gasteiger partial charge < -0.3 is 0 Å². The summed E-state index contributed by atoms with van der Waals surface area (Å²) in [5, 5.41) is 2.33. The molecule has 20 heavy (non-hydrogen) atoms. The molecule has 2 nitrogen and oxygen atoms in total. The van der Waals surface area contributed by atoms with Crippen LogP contribution in [0.4, 0.5) is 0 Å². The quantitative estimate of drug-likeness (QED) is 0.503. The zero-order valence-electron chi connectivity index (χ0n) is 10.8. The second-order valence-electron chi connectivity index (χ2n) is 4.79. The van der Waals surface area contributed by atoms with Crippen LogP contribution in [0.2, 0.25) is 0 Å². The third-order valence-electron chi connectivity index (χ3n) is 3.57. The number of nitrogens with zero attached hydrogens (tertiary/aromatic N) is 2. The van der Waals surface area contributed by atoms with Gasteiger partial charge in [-0.05, 0) is 35.4 Å². The Kier molecular flexibility index (Phi) is 2.46. The maximum atomic E-state index is 4.43. The smallest absolute Gasteiger partial charge is 0.0708 e. The number of fused-ring (bicyclic) bond motifs is 2. The first-order valence-electron chi connectivity index (χ1n) is 6.61. The Morgan fingerprint density at radius 3 is 2.55 bits per heavy atom. The molecule has 0 fully saturated rings. The van der Waals surface area contributed by atoms with Crippen molar-refractivity contribution in [1.82, 2.24) is 9.97 Å². The molecule has 0 spiro atoms. The lowest BCUT2D eigenvalue weighted by molar-refractivity contribution is 1.40. The fourth-order valence-electron chi connectivity index (χ4n) is 2.58. The highest BCUT2D eigenvalue weighted by molar-refractivity contribution is 5.96. The molecule has 0 amide bonds. The van der Waals surface area contributed by atoms with Crippen LogP contribution in [0.3, 0.4) is 0 Å². The Labute approximate surface area is 116 Å². The summed E-state index contributed by atoms with van der Waals surface area (Å²) in [6, 6.07) is 20.7. The first-order valence-corrected chi connectivity index (χ1v) is 6.61. The van der Waals surface area contributed by atoms with Crippen LogP contribution < -0.4 is 0 Å². The summed E-state index contributed by atoms with van der Waals surface area (Å²) in [6.07, 6.45) is 3.69. The fourth-order valence-corrected chi connectivity index (χ4v) is 2.58. The lowest BCUT2D eigenvalue weighted by atomic mass is 10.00. The summed E-state index contributed by atoms with van der Waals surface area (Å²) in [6.45, 7) is 0. The van der Waals surface area contributed by atoms with Crippen molar-refractivity contribution in [1.29, 1.82) is 0 Å². The maximum Gasteiger partial charge on any atom is 0.0708 e. The van der Waals surface area contributed by atoms with Gasteiger partial charge in [-0.15, -0.1) is 0 Å². The molecule has 0 bridgehead atoms. The van der Waals surface area contributed by atoms with Crippen LogP contribution in [0.25, 0.3) is 32.9 Å². The van der Waals surface area contributed by atoms with E-state index in [9.17, 15) is 0 Å². The topological polar surface area (TPSA) is 25.8 Å². The number of pyridine rings is 2. The minimum atomic E-state index is 1.02. The minimum absolute atomic E-state index is 1.02. The van der Waals surface area contributed by atoms with Gasteiger partial charge in [0.25, 0.3) is 0 Å². The van der Waals surface area contributed by atoms with Crippen LogP contribution in [0.5, 0.6) is 0 Å². The number of hydrogen-bond donors (Lipinski definition) is 0. The first-order chi connectivity index (χ1) is 9.92. The fraction of sp³-hybridized carbons (Fsp3) is 0. The predicted molar refractivity (Wildman–Crippen MR) is 82.5 cm³/mol. The van der Waals surface area contributed by atoms with Gasteiger partial charge in [0.1, 0.15) is 0 Å². The van der Waals surface area contributed by atoms with E-state index in [4.69, 9.17) is 0 Å². The van der Waals surface area contributed by atoms with Crippen LogP contribution in [0, 0.1) is 0 Å². The average molecular weight is 256 g/mol. The summed E-state index contributed by atoms with van der Waals surface area (Å²) in [4.78, 5) is 8.85. The van der Waals surface area contributed by atoms with Crippen molar-refractivity contribution in [2.75, 3.05) is 0 Å². The van der Waals surface area contributed by atoms with Gasteiger partial charge in [-0.3, -0.25) is 9.97 Å². The largest absolute Gasteiger partial charge is 0.256 e. The maximum absolute atomic E-state index is 4.43. The van der Waals surface area contributed by atoms with Gasteiger partial charge in [0.2, 0.25) is 0 Å². The van der Waals surface area contributed by atoms with Crippen molar-refractivity contribution in [2.45, 2.75) is 0 Å². The molecule has 2 aromatic carbocycles. The highest BCUT2D eigenvalue weighted by Crippen LogP contribution is 2.29. The number of benzene rings is 2. The zero-order valence-corrected chi connectivity index (χ0v) is 10.8. The van der Waals surface area contributed by atoms with E-state index in [1.54, 1.807) is 0 Å². The Balaban J connectivity index is 2.01. The Morgan fingerprint density at radius 1 is 0.650 bits per heavy atom. The minimum Gasteiger partial charge on any atom is -0.256 e. The molecule has 94 valence electrons. The monoisotopic (exact) mass is 256 g/mol. The van der Waals surface area contributed by atoms with E-state index >= 15 is 0 Å². The van der Waals surface area contributed by atoms with Crippen LogP contribution in [0.1, 0.15) is 0 Å². The van der Waals surface area contributed by atoms with Crippen molar-refractivity contribution in [3.05, 3.63) is 73.1 Å². The van der Waals surface area contributed by atoms with E-state index in [0.717, 1.165) is 16.4 Å². The second-order valence-corrected chi connectivity index (χ2v) is 4.79. The zero-order chi connectivity index (χ0) is 13.4. The van der Waals surface area contributed by atoms with E-state index in [-0.39, 0.29) is 0 Å². The van der Waals surface area contributed by atoms with Crippen molar-refractivity contribution in [3.63, 3.8) is 0 Å². The normalized spacial score (nSPS) is 11.0. The van der Waals surface area contributed by atoms with Gasteiger partial charge in [0.15, 0.2) is 0 Å². The third-order valence-corrected chi connectivity index (χ3v) is 3.57. The molecule has 0 aliphatic rings. The second kappa shape index (κ2) is 4.42. The van der Waals surface area contributed by atoms with Crippen molar-refractivity contribution in [3.8, 4) is 11.1 Å². The van der Waals surface area contributed by atoms with Crippen LogP contribution in [-0.2, 0) is 0 Å². The molecule has 0 N–H and O–H groups in total. The first kappa shape index (κ1) is 11.1. The van der Waals surface area contributed by atoms with Gasteiger partial charge in [0, 0.05) is 23.2 Å². The van der Waals surface area contributed by atoms with Crippen molar-refractivity contribution >= 4 is 21.8 Å². The van der Waals surface area contributed by atoms with E-state index in [1.807, 2.05) is 36.7 Å². The highest BCUT2D eigenvalue weighted by Gasteiger charge is 2.05. The molecule has 2 aromatic heterocycles. The number of para-hydroxylation sites is 1. The number of rotatable bonds is 1. The SMILES string of the molecule is c1cnc2cc(-c3ccnc4ccccc34)ccc2c1. The highest BCUT2D eigenvalue weighted by atomic mass is 14.7. The van der Waals surface area contributed by atoms with Gasteiger partial charge in [-0.1, -0.05) is 36.4 Å². The molecule has 4 aromatic rings. The van der Waals surface area contributed by atoms with E-state index in [2.05, 4.69) is 46.4 Å². The van der Waals surface area contributed by atoms with Crippen LogP contribution in [0.15, 0.2) is 73.1 Å². The molecule has 0 aliphatic heterocycles. The molecule has 0 aliphatic carbocycles. The summed E-state index contributed by atoms with van der Waals surface area (Å²) in [5.74, 6) is 0. The molecule has 2 heterocycles. The van der Waals surface area contributed by atoms with Gasteiger partial charge >= 0.3 is 0 Å². The lowest BCUT2D eigenvalue weighted by Crippen LogP contribution is -1.85.